The van der Waals surface area contributed by atoms with Gasteiger partial charge < -0.3 is 5.11 Å². The van der Waals surface area contributed by atoms with Crippen molar-refractivity contribution in [2.24, 2.45) is 0 Å². The van der Waals surface area contributed by atoms with Crippen LogP contribution in [0.4, 0.5) is 0 Å². The number of aliphatic hydroxyl groups is 1. The minimum atomic E-state index is -3.27. The highest BCUT2D eigenvalue weighted by atomic mass is 32.2. The highest BCUT2D eigenvalue weighted by Crippen LogP contribution is 2.28. The normalized spacial score (nSPS) is 27.5. The zero-order chi connectivity index (χ0) is 16.7. The molecular weight excluding hydrogens is 318 g/mol. The summed E-state index contributed by atoms with van der Waals surface area (Å²) in [6.07, 6.45) is 5.74. The first-order valence-corrected chi connectivity index (χ1v) is 9.48. The van der Waals surface area contributed by atoms with Gasteiger partial charge in [-0.1, -0.05) is 0 Å². The summed E-state index contributed by atoms with van der Waals surface area (Å²) >= 11 is 0. The molecule has 3 heterocycles. The number of nitrogens with zero attached hydrogens (tertiary/aromatic N) is 5. The van der Waals surface area contributed by atoms with Gasteiger partial charge in [0.15, 0.2) is 0 Å². The van der Waals surface area contributed by atoms with Gasteiger partial charge >= 0.3 is 0 Å². The maximum atomic E-state index is 11.7. The summed E-state index contributed by atoms with van der Waals surface area (Å²) in [6, 6.07) is 2.26. The molecule has 2 saturated heterocycles. The Hall–Kier alpha value is -1.47. The van der Waals surface area contributed by atoms with Crippen molar-refractivity contribution in [3.05, 3.63) is 18.0 Å². The van der Waals surface area contributed by atoms with E-state index in [1.54, 1.807) is 17.1 Å². The molecule has 9 heteroatoms. The van der Waals surface area contributed by atoms with E-state index in [1.165, 1.54) is 10.6 Å². The van der Waals surface area contributed by atoms with Crippen molar-refractivity contribution in [1.82, 2.24) is 19.0 Å². The number of hydrogen-bond acceptors (Lipinski definition) is 6. The number of piperidine rings is 1. The van der Waals surface area contributed by atoms with Crippen molar-refractivity contribution >= 4 is 10.0 Å². The molecule has 8 nitrogen and oxygen atoms in total. The molecule has 0 saturated carbocycles. The highest BCUT2D eigenvalue weighted by Gasteiger charge is 2.41. The summed E-state index contributed by atoms with van der Waals surface area (Å²) in [4.78, 5) is 2.10. The first-order valence-electron chi connectivity index (χ1n) is 7.63. The molecule has 1 unspecified atom stereocenters. The van der Waals surface area contributed by atoms with Crippen LogP contribution in [0.3, 0.4) is 0 Å². The van der Waals surface area contributed by atoms with Crippen molar-refractivity contribution < 1.29 is 13.5 Å². The van der Waals surface area contributed by atoms with Gasteiger partial charge in [-0.25, -0.2) is 8.42 Å². The quantitative estimate of drug-likeness (QED) is 0.786. The Bertz CT molecular complexity index is 719. The molecule has 0 bridgehead atoms. The minimum Gasteiger partial charge on any atom is -0.387 e. The Labute approximate surface area is 136 Å². The summed E-state index contributed by atoms with van der Waals surface area (Å²) in [7, 11) is -3.27. The molecule has 1 aromatic rings. The fourth-order valence-electron chi connectivity index (χ4n) is 3.33. The Morgan fingerprint density at radius 2 is 2.26 bits per heavy atom. The molecule has 0 spiro atoms. The SMILES string of the molecule is CS(=O)(=O)N1CCCC(O)(CN2CC(n3cc(C#N)cn3)C2)C1. The molecule has 0 amide bonds. The Kier molecular flexibility index (Phi) is 4.18. The fraction of sp³-hybridized carbons (Fsp3) is 0.714. The predicted octanol–water partition coefficient (Wildman–Crippen LogP) is -0.602. The second-order valence-corrected chi connectivity index (χ2v) is 8.58. The van der Waals surface area contributed by atoms with Gasteiger partial charge in [0, 0.05) is 38.9 Å². The monoisotopic (exact) mass is 339 g/mol. The van der Waals surface area contributed by atoms with Crippen molar-refractivity contribution in [2.45, 2.75) is 24.5 Å². The smallest absolute Gasteiger partial charge is 0.211 e. The van der Waals surface area contributed by atoms with Gasteiger partial charge in [-0.05, 0) is 12.8 Å². The van der Waals surface area contributed by atoms with Gasteiger partial charge in [-0.3, -0.25) is 9.58 Å². The molecule has 0 aromatic carbocycles. The topological polar surface area (TPSA) is 102 Å². The molecule has 1 N–H and O–H groups in total. The van der Waals surface area contributed by atoms with Crippen LogP contribution in [0.15, 0.2) is 12.4 Å². The lowest BCUT2D eigenvalue weighted by molar-refractivity contribution is -0.0580. The second kappa shape index (κ2) is 5.87. The van der Waals surface area contributed by atoms with E-state index in [9.17, 15) is 13.5 Å². The molecule has 1 atom stereocenters. The average molecular weight is 339 g/mol. The van der Waals surface area contributed by atoms with E-state index in [4.69, 9.17) is 5.26 Å². The van der Waals surface area contributed by atoms with Gasteiger partial charge in [0.05, 0.1) is 29.7 Å². The third-order valence-electron chi connectivity index (χ3n) is 4.55. The van der Waals surface area contributed by atoms with E-state index < -0.39 is 15.6 Å². The van der Waals surface area contributed by atoms with Gasteiger partial charge in [-0.15, -0.1) is 0 Å². The van der Waals surface area contributed by atoms with Crippen LogP contribution in [0.2, 0.25) is 0 Å². The van der Waals surface area contributed by atoms with E-state index in [2.05, 4.69) is 16.1 Å². The summed E-state index contributed by atoms with van der Waals surface area (Å²) in [5.41, 5.74) is -0.452. The van der Waals surface area contributed by atoms with Crippen LogP contribution in [0, 0.1) is 11.3 Å². The molecule has 2 fully saturated rings. The molecule has 126 valence electrons. The zero-order valence-electron chi connectivity index (χ0n) is 13.1. The van der Waals surface area contributed by atoms with Crippen molar-refractivity contribution in [2.75, 3.05) is 39.0 Å². The van der Waals surface area contributed by atoms with E-state index >= 15 is 0 Å². The first-order chi connectivity index (χ1) is 10.8. The third-order valence-corrected chi connectivity index (χ3v) is 5.80. The summed E-state index contributed by atoms with van der Waals surface area (Å²) in [5, 5.41) is 23.7. The van der Waals surface area contributed by atoms with Crippen molar-refractivity contribution in [3.8, 4) is 6.07 Å². The summed E-state index contributed by atoms with van der Waals surface area (Å²) < 4.78 is 26.5. The Morgan fingerprint density at radius 3 is 2.87 bits per heavy atom. The lowest BCUT2D eigenvalue weighted by atomic mass is 9.92. The molecule has 0 aliphatic carbocycles. The van der Waals surface area contributed by atoms with Crippen LogP contribution >= 0.6 is 0 Å². The maximum Gasteiger partial charge on any atom is 0.211 e. The third kappa shape index (κ3) is 3.55. The van der Waals surface area contributed by atoms with Gasteiger partial charge in [0.25, 0.3) is 0 Å². The highest BCUT2D eigenvalue weighted by molar-refractivity contribution is 7.88. The van der Waals surface area contributed by atoms with Crippen LogP contribution in [0.25, 0.3) is 0 Å². The van der Waals surface area contributed by atoms with Crippen LogP contribution in [0.1, 0.15) is 24.4 Å². The van der Waals surface area contributed by atoms with E-state index in [1.807, 2.05) is 0 Å². The van der Waals surface area contributed by atoms with Crippen LogP contribution < -0.4 is 0 Å². The number of β-amino-alcohol motifs (C(OH)–C–C–N with tert-alkyl or cyclic N) is 1. The van der Waals surface area contributed by atoms with Crippen molar-refractivity contribution in [3.63, 3.8) is 0 Å². The number of hydrogen-bond donors (Lipinski definition) is 1. The lowest BCUT2D eigenvalue weighted by Gasteiger charge is -2.46. The van der Waals surface area contributed by atoms with E-state index in [0.29, 0.717) is 31.5 Å². The molecule has 1 aromatic heterocycles. The van der Waals surface area contributed by atoms with E-state index in [0.717, 1.165) is 13.1 Å². The van der Waals surface area contributed by atoms with Crippen LogP contribution in [-0.4, -0.2) is 77.1 Å². The summed E-state index contributed by atoms with van der Waals surface area (Å²) in [6.45, 7) is 2.59. The predicted molar refractivity (Wildman–Crippen MR) is 83.0 cm³/mol. The number of aromatic nitrogens is 2. The molecule has 2 aliphatic heterocycles. The zero-order valence-corrected chi connectivity index (χ0v) is 13.9. The molecule has 23 heavy (non-hydrogen) atoms. The molecular formula is C14H21N5O3S. The van der Waals surface area contributed by atoms with E-state index in [-0.39, 0.29) is 12.6 Å². The number of sulfonamides is 1. The molecule has 0 radical (unpaired) electrons. The maximum absolute atomic E-state index is 11.7. The number of nitriles is 1. The van der Waals surface area contributed by atoms with Gasteiger partial charge in [0.1, 0.15) is 6.07 Å². The second-order valence-electron chi connectivity index (χ2n) is 6.59. The van der Waals surface area contributed by atoms with Gasteiger partial charge in [-0.2, -0.15) is 14.7 Å². The first kappa shape index (κ1) is 16.4. The van der Waals surface area contributed by atoms with Crippen LogP contribution in [-0.2, 0) is 10.0 Å². The molecule has 3 rings (SSSR count). The Balaban J connectivity index is 1.55. The number of rotatable bonds is 4. The average Bonchev–Trinajstić information content (AvgIpc) is 2.90. The summed E-state index contributed by atoms with van der Waals surface area (Å²) in [5.74, 6) is 0. The minimum absolute atomic E-state index is 0.160. The van der Waals surface area contributed by atoms with Gasteiger partial charge in [0.2, 0.25) is 10.0 Å². The molecule has 2 aliphatic rings. The Morgan fingerprint density at radius 1 is 1.52 bits per heavy atom. The fourth-order valence-corrected chi connectivity index (χ4v) is 4.27. The largest absolute Gasteiger partial charge is 0.387 e. The van der Waals surface area contributed by atoms with Crippen LogP contribution in [0.5, 0.6) is 0 Å². The number of likely N-dealkylation sites (tertiary alicyclic amines) is 1. The lowest BCUT2D eigenvalue weighted by Crippen LogP contribution is -2.59. The van der Waals surface area contributed by atoms with Crippen molar-refractivity contribution in [1.29, 1.82) is 5.26 Å². The standard InChI is InChI=1S/C14H21N5O3S/c1-23(21,22)18-4-2-3-14(20,11-18)10-17-8-13(9-17)19-7-12(5-15)6-16-19/h6-7,13,20H,2-4,8-11H2,1H3.